The molecule has 1 saturated heterocycles. The minimum atomic E-state index is -0.442. The summed E-state index contributed by atoms with van der Waals surface area (Å²) >= 11 is 6.38. The average molecular weight is 434 g/mol. The molecule has 162 valence electrons. The molecule has 3 heterocycles. The van der Waals surface area contributed by atoms with Gasteiger partial charge in [-0.3, -0.25) is 0 Å². The van der Waals surface area contributed by atoms with Crippen molar-refractivity contribution in [3.63, 3.8) is 0 Å². The first kappa shape index (κ1) is 21.3. The smallest absolute Gasteiger partial charge is 0.151 e. The molecule has 0 atom stereocenters. The molecule has 6 nitrogen and oxygen atoms in total. The van der Waals surface area contributed by atoms with Crippen molar-refractivity contribution in [1.82, 2.24) is 9.97 Å². The lowest BCUT2D eigenvalue weighted by Crippen LogP contribution is -2.33. The fraction of sp³-hybridized carbons (Fsp3) is 0.545. The van der Waals surface area contributed by atoms with Gasteiger partial charge in [0.15, 0.2) is 5.82 Å². The van der Waals surface area contributed by atoms with Crippen LogP contribution in [0.3, 0.4) is 0 Å². The highest BCUT2D eigenvalue weighted by molar-refractivity contribution is 6.33. The Bertz CT molecular complexity index is 853. The molecule has 0 aromatic carbocycles. The van der Waals surface area contributed by atoms with Crippen molar-refractivity contribution >= 4 is 23.2 Å². The first-order valence-electron chi connectivity index (χ1n) is 10.7. The van der Waals surface area contributed by atoms with E-state index in [9.17, 15) is 4.39 Å². The largest absolute Gasteiger partial charge is 0.381 e. The van der Waals surface area contributed by atoms with E-state index in [1.807, 2.05) is 6.07 Å². The van der Waals surface area contributed by atoms with Crippen molar-refractivity contribution in [3.05, 3.63) is 35.2 Å². The second-order valence-corrected chi connectivity index (χ2v) is 8.68. The Labute approximate surface area is 181 Å². The molecule has 2 aromatic heterocycles. The quantitative estimate of drug-likeness (QED) is 0.623. The topological polar surface area (TPSA) is 85.1 Å². The lowest BCUT2D eigenvalue weighted by Gasteiger charge is -2.27. The van der Waals surface area contributed by atoms with Crippen molar-refractivity contribution in [2.75, 3.05) is 30.4 Å². The van der Waals surface area contributed by atoms with Gasteiger partial charge in [0.1, 0.15) is 11.6 Å². The Morgan fingerprint density at radius 2 is 1.87 bits per heavy atom. The summed E-state index contributed by atoms with van der Waals surface area (Å²) in [7, 11) is 0. The molecule has 0 unspecified atom stereocenters. The van der Waals surface area contributed by atoms with E-state index < -0.39 is 5.82 Å². The van der Waals surface area contributed by atoms with Gasteiger partial charge in [0.2, 0.25) is 0 Å². The van der Waals surface area contributed by atoms with Crippen LogP contribution in [-0.2, 0) is 4.74 Å². The number of hydrogen-bond acceptors (Lipinski definition) is 6. The van der Waals surface area contributed by atoms with Crippen molar-refractivity contribution in [2.45, 2.75) is 50.6 Å². The van der Waals surface area contributed by atoms with E-state index in [2.05, 4.69) is 20.6 Å². The van der Waals surface area contributed by atoms with Gasteiger partial charge < -0.3 is 21.1 Å². The SMILES string of the molecule is N[C@H]1CC[C@H](Nc2cc(-c3nc(NCC4CCOCC4)ccc3Cl)c(F)cn2)CC1. The van der Waals surface area contributed by atoms with Gasteiger partial charge in [-0.1, -0.05) is 11.6 Å². The third-order valence-electron chi connectivity index (χ3n) is 5.99. The molecular weight excluding hydrogens is 405 g/mol. The number of halogens is 2. The van der Waals surface area contributed by atoms with Gasteiger partial charge in [-0.05, 0) is 62.6 Å². The monoisotopic (exact) mass is 433 g/mol. The maximum atomic E-state index is 14.6. The Kier molecular flexibility index (Phi) is 7.02. The summed E-state index contributed by atoms with van der Waals surface area (Å²) in [6.45, 7) is 2.42. The molecule has 2 fully saturated rings. The van der Waals surface area contributed by atoms with Crippen LogP contribution in [0.4, 0.5) is 16.0 Å². The molecule has 4 rings (SSSR count). The van der Waals surface area contributed by atoms with Crippen LogP contribution in [0.15, 0.2) is 24.4 Å². The molecule has 0 bridgehead atoms. The third-order valence-corrected chi connectivity index (χ3v) is 6.30. The van der Waals surface area contributed by atoms with E-state index in [1.54, 1.807) is 12.1 Å². The van der Waals surface area contributed by atoms with Crippen LogP contribution in [0.2, 0.25) is 5.02 Å². The van der Waals surface area contributed by atoms with Crippen molar-refractivity contribution in [1.29, 1.82) is 0 Å². The van der Waals surface area contributed by atoms with Crippen LogP contribution in [0, 0.1) is 11.7 Å². The summed E-state index contributed by atoms with van der Waals surface area (Å²) in [4.78, 5) is 8.81. The van der Waals surface area contributed by atoms with Gasteiger partial charge in [-0.15, -0.1) is 0 Å². The zero-order valence-electron chi connectivity index (χ0n) is 17.0. The van der Waals surface area contributed by atoms with Gasteiger partial charge in [-0.25, -0.2) is 14.4 Å². The zero-order chi connectivity index (χ0) is 20.9. The number of anilines is 2. The van der Waals surface area contributed by atoms with E-state index in [-0.39, 0.29) is 6.04 Å². The van der Waals surface area contributed by atoms with Crippen LogP contribution in [0.5, 0.6) is 0 Å². The summed E-state index contributed by atoms with van der Waals surface area (Å²) in [6.07, 6.45) is 7.24. The van der Waals surface area contributed by atoms with E-state index in [0.29, 0.717) is 39.9 Å². The normalized spacial score (nSPS) is 22.6. The highest BCUT2D eigenvalue weighted by Gasteiger charge is 2.20. The van der Waals surface area contributed by atoms with E-state index >= 15 is 0 Å². The number of ether oxygens (including phenoxy) is 1. The second kappa shape index (κ2) is 9.90. The molecular formula is C22H29ClFN5O. The number of pyridine rings is 2. The molecule has 1 aliphatic heterocycles. The van der Waals surface area contributed by atoms with Crippen LogP contribution >= 0.6 is 11.6 Å². The molecule has 0 spiro atoms. The Morgan fingerprint density at radius 3 is 2.63 bits per heavy atom. The summed E-state index contributed by atoms with van der Waals surface area (Å²) in [6, 6.07) is 5.85. The summed E-state index contributed by atoms with van der Waals surface area (Å²) in [5.41, 5.74) is 6.75. The number of nitrogens with two attached hydrogens (primary N) is 1. The Balaban J connectivity index is 1.49. The molecule has 0 amide bonds. The van der Waals surface area contributed by atoms with E-state index in [4.69, 9.17) is 22.1 Å². The van der Waals surface area contributed by atoms with E-state index in [1.165, 1.54) is 6.20 Å². The minimum Gasteiger partial charge on any atom is -0.381 e. The first-order chi connectivity index (χ1) is 14.6. The maximum absolute atomic E-state index is 14.6. The van der Waals surface area contributed by atoms with Gasteiger partial charge >= 0.3 is 0 Å². The minimum absolute atomic E-state index is 0.277. The molecule has 0 radical (unpaired) electrons. The highest BCUT2D eigenvalue weighted by Crippen LogP contribution is 2.31. The van der Waals surface area contributed by atoms with Crippen LogP contribution in [0.1, 0.15) is 38.5 Å². The summed E-state index contributed by atoms with van der Waals surface area (Å²) < 4.78 is 20.0. The lowest BCUT2D eigenvalue weighted by atomic mass is 9.92. The molecule has 4 N–H and O–H groups in total. The molecule has 1 aliphatic carbocycles. The van der Waals surface area contributed by atoms with Crippen molar-refractivity contribution < 1.29 is 9.13 Å². The maximum Gasteiger partial charge on any atom is 0.151 e. The molecule has 2 aromatic rings. The molecule has 8 heteroatoms. The number of nitrogens with zero attached hydrogens (tertiary/aromatic N) is 2. The van der Waals surface area contributed by atoms with Crippen LogP contribution in [-0.4, -0.2) is 41.8 Å². The van der Waals surface area contributed by atoms with Crippen molar-refractivity contribution in [2.24, 2.45) is 11.7 Å². The second-order valence-electron chi connectivity index (χ2n) is 8.27. The predicted molar refractivity (Wildman–Crippen MR) is 118 cm³/mol. The Hall–Kier alpha value is -1.96. The fourth-order valence-electron chi connectivity index (χ4n) is 4.10. The van der Waals surface area contributed by atoms with Crippen LogP contribution in [0.25, 0.3) is 11.3 Å². The fourth-order valence-corrected chi connectivity index (χ4v) is 4.31. The predicted octanol–water partition coefficient (Wildman–Crippen LogP) is 4.46. The number of rotatable bonds is 6. The zero-order valence-corrected chi connectivity index (χ0v) is 17.8. The summed E-state index contributed by atoms with van der Waals surface area (Å²) in [5.74, 6) is 1.43. The van der Waals surface area contributed by atoms with Crippen molar-refractivity contribution in [3.8, 4) is 11.3 Å². The Morgan fingerprint density at radius 1 is 1.10 bits per heavy atom. The van der Waals surface area contributed by atoms with Gasteiger partial charge in [0, 0.05) is 37.4 Å². The lowest BCUT2D eigenvalue weighted by molar-refractivity contribution is 0.0699. The van der Waals surface area contributed by atoms with Crippen LogP contribution < -0.4 is 16.4 Å². The average Bonchev–Trinajstić information content (AvgIpc) is 2.77. The third kappa shape index (κ3) is 5.39. The van der Waals surface area contributed by atoms with Gasteiger partial charge in [-0.2, -0.15) is 0 Å². The number of aromatic nitrogens is 2. The number of hydrogen-bond donors (Lipinski definition) is 3. The molecule has 30 heavy (non-hydrogen) atoms. The van der Waals surface area contributed by atoms with Gasteiger partial charge in [0.25, 0.3) is 0 Å². The highest BCUT2D eigenvalue weighted by atomic mass is 35.5. The molecule has 1 saturated carbocycles. The standard InChI is InChI=1S/C22H29ClFN5O/c23-18-5-6-20(26-12-14-7-9-30-10-8-14)29-22(18)17-11-21(27-13-19(17)24)28-16-3-1-15(25)2-4-16/h5-6,11,13-16H,1-4,7-10,12,25H2,(H,26,29)(H,27,28)/t15-,16-. The first-order valence-corrected chi connectivity index (χ1v) is 11.1. The number of nitrogens with one attached hydrogen (secondary N) is 2. The van der Waals surface area contributed by atoms with Gasteiger partial charge in [0.05, 0.1) is 16.9 Å². The van der Waals surface area contributed by atoms with E-state index in [0.717, 1.165) is 58.3 Å². The summed E-state index contributed by atoms with van der Waals surface area (Å²) in [5, 5.41) is 7.18. The molecule has 2 aliphatic rings.